The average Bonchev–Trinajstić information content (AvgIpc) is 2.58. The van der Waals surface area contributed by atoms with E-state index in [0.717, 1.165) is 18.6 Å². The lowest BCUT2D eigenvalue weighted by Crippen LogP contribution is -2.25. The third kappa shape index (κ3) is 3.44. The van der Waals surface area contributed by atoms with E-state index in [1.807, 2.05) is 11.8 Å². The Balaban J connectivity index is 2.36. The van der Waals surface area contributed by atoms with E-state index in [4.69, 9.17) is 5.73 Å². The van der Waals surface area contributed by atoms with Crippen molar-refractivity contribution in [3.05, 3.63) is 11.3 Å². The zero-order valence-corrected chi connectivity index (χ0v) is 10.5. The van der Waals surface area contributed by atoms with E-state index in [-0.39, 0.29) is 11.7 Å². The SMILES string of the molecule is CSCCCCNC(=O)c1c(N)n[nH]c1C. The number of rotatable bonds is 6. The molecular formula is C10H18N4OS. The van der Waals surface area contributed by atoms with Crippen molar-refractivity contribution in [3.8, 4) is 0 Å². The Morgan fingerprint density at radius 3 is 2.88 bits per heavy atom. The molecule has 0 radical (unpaired) electrons. The molecule has 0 aliphatic rings. The fourth-order valence-electron chi connectivity index (χ4n) is 1.40. The molecule has 0 bridgehead atoms. The molecule has 1 rings (SSSR count). The van der Waals surface area contributed by atoms with Gasteiger partial charge in [-0.05, 0) is 31.8 Å². The highest BCUT2D eigenvalue weighted by Crippen LogP contribution is 2.11. The van der Waals surface area contributed by atoms with Gasteiger partial charge in [0.1, 0.15) is 5.56 Å². The number of thioether (sulfide) groups is 1. The lowest BCUT2D eigenvalue weighted by Gasteiger charge is -2.04. The maximum atomic E-state index is 11.7. The predicted octanol–water partition coefficient (Wildman–Crippen LogP) is 1.17. The molecule has 0 atom stereocenters. The van der Waals surface area contributed by atoms with Crippen LogP contribution in [0.1, 0.15) is 28.9 Å². The first-order chi connectivity index (χ1) is 7.66. The van der Waals surface area contributed by atoms with Crippen LogP contribution in [0.3, 0.4) is 0 Å². The van der Waals surface area contributed by atoms with Gasteiger partial charge in [0.2, 0.25) is 0 Å². The van der Waals surface area contributed by atoms with Crippen molar-refractivity contribution in [1.29, 1.82) is 0 Å². The highest BCUT2D eigenvalue weighted by Gasteiger charge is 2.14. The number of H-pyrrole nitrogens is 1. The van der Waals surface area contributed by atoms with Gasteiger partial charge in [0.25, 0.3) is 5.91 Å². The summed E-state index contributed by atoms with van der Waals surface area (Å²) in [5, 5.41) is 9.31. The van der Waals surface area contributed by atoms with E-state index >= 15 is 0 Å². The summed E-state index contributed by atoms with van der Waals surface area (Å²) in [6.45, 7) is 2.47. The molecule has 0 aliphatic heterocycles. The van der Waals surface area contributed by atoms with Crippen molar-refractivity contribution >= 4 is 23.5 Å². The van der Waals surface area contributed by atoms with E-state index in [1.54, 1.807) is 6.92 Å². The number of aromatic amines is 1. The first-order valence-electron chi connectivity index (χ1n) is 5.24. The molecule has 1 aromatic rings. The Hall–Kier alpha value is -1.17. The van der Waals surface area contributed by atoms with Crippen LogP contribution in [0.5, 0.6) is 0 Å². The Morgan fingerprint density at radius 1 is 1.56 bits per heavy atom. The topological polar surface area (TPSA) is 83.8 Å². The first kappa shape index (κ1) is 12.9. The highest BCUT2D eigenvalue weighted by atomic mass is 32.2. The average molecular weight is 242 g/mol. The molecule has 0 aliphatic carbocycles. The van der Waals surface area contributed by atoms with E-state index in [9.17, 15) is 4.79 Å². The van der Waals surface area contributed by atoms with E-state index < -0.39 is 0 Å². The molecule has 0 unspecified atom stereocenters. The van der Waals surface area contributed by atoms with Crippen LogP contribution < -0.4 is 11.1 Å². The Labute approximate surface area is 99.6 Å². The molecule has 0 saturated heterocycles. The van der Waals surface area contributed by atoms with Gasteiger partial charge in [0, 0.05) is 12.2 Å². The molecule has 0 spiro atoms. The lowest BCUT2D eigenvalue weighted by atomic mass is 10.2. The molecule has 5 nitrogen and oxygen atoms in total. The number of hydrogen-bond donors (Lipinski definition) is 3. The van der Waals surface area contributed by atoms with Gasteiger partial charge in [-0.1, -0.05) is 0 Å². The van der Waals surface area contributed by atoms with E-state index in [1.165, 1.54) is 0 Å². The minimum atomic E-state index is -0.145. The lowest BCUT2D eigenvalue weighted by molar-refractivity contribution is 0.0953. The molecule has 1 amide bonds. The third-order valence-corrected chi connectivity index (χ3v) is 2.96. The minimum Gasteiger partial charge on any atom is -0.382 e. The molecule has 90 valence electrons. The number of nitrogens with zero attached hydrogens (tertiary/aromatic N) is 1. The standard InChI is InChI=1S/C10H18N4OS/c1-7-8(9(11)14-13-7)10(15)12-5-3-4-6-16-2/h3-6H2,1-2H3,(H,12,15)(H3,11,13,14). The molecule has 1 aromatic heterocycles. The number of hydrogen-bond acceptors (Lipinski definition) is 4. The predicted molar refractivity (Wildman–Crippen MR) is 67.7 cm³/mol. The van der Waals surface area contributed by atoms with Crippen LogP contribution >= 0.6 is 11.8 Å². The van der Waals surface area contributed by atoms with E-state index in [2.05, 4.69) is 21.8 Å². The first-order valence-corrected chi connectivity index (χ1v) is 6.63. The molecule has 4 N–H and O–H groups in total. The number of nitrogen functional groups attached to an aromatic ring is 1. The van der Waals surface area contributed by atoms with Gasteiger partial charge in [0.05, 0.1) is 0 Å². The monoisotopic (exact) mass is 242 g/mol. The zero-order valence-electron chi connectivity index (χ0n) is 9.67. The summed E-state index contributed by atoms with van der Waals surface area (Å²) in [4.78, 5) is 11.7. The van der Waals surface area contributed by atoms with Gasteiger partial charge in [-0.25, -0.2) is 0 Å². The van der Waals surface area contributed by atoms with Gasteiger partial charge in [-0.15, -0.1) is 0 Å². The maximum Gasteiger partial charge on any atom is 0.256 e. The number of carbonyl (C=O) groups excluding carboxylic acids is 1. The van der Waals surface area contributed by atoms with Gasteiger partial charge in [-0.2, -0.15) is 16.9 Å². The van der Waals surface area contributed by atoms with Crippen LogP contribution in [0, 0.1) is 6.92 Å². The number of nitrogens with two attached hydrogens (primary N) is 1. The fraction of sp³-hybridized carbons (Fsp3) is 0.600. The second kappa shape index (κ2) is 6.42. The van der Waals surface area contributed by atoms with Crippen LogP contribution in [0.2, 0.25) is 0 Å². The molecule has 0 fully saturated rings. The summed E-state index contributed by atoms with van der Waals surface area (Å²) in [6.07, 6.45) is 4.18. The normalized spacial score (nSPS) is 10.4. The molecule has 0 aromatic carbocycles. The van der Waals surface area contributed by atoms with Crippen molar-refractivity contribution in [3.63, 3.8) is 0 Å². The molecule has 0 saturated carbocycles. The van der Waals surface area contributed by atoms with Crippen molar-refractivity contribution in [2.75, 3.05) is 24.3 Å². The van der Waals surface area contributed by atoms with Crippen LogP contribution in [-0.4, -0.2) is 34.7 Å². The summed E-state index contributed by atoms with van der Waals surface area (Å²) in [6, 6.07) is 0. The number of carbonyl (C=O) groups is 1. The molecule has 6 heteroatoms. The third-order valence-electron chi connectivity index (χ3n) is 2.26. The molecule has 16 heavy (non-hydrogen) atoms. The summed E-state index contributed by atoms with van der Waals surface area (Å²) >= 11 is 1.82. The van der Waals surface area contributed by atoms with Gasteiger partial charge < -0.3 is 11.1 Å². The Bertz CT molecular complexity index is 331. The number of aromatic nitrogens is 2. The number of amides is 1. The summed E-state index contributed by atoms with van der Waals surface area (Å²) in [7, 11) is 0. The van der Waals surface area contributed by atoms with Crippen molar-refractivity contribution < 1.29 is 4.79 Å². The van der Waals surface area contributed by atoms with Gasteiger partial charge in [0.15, 0.2) is 5.82 Å². The molecule has 1 heterocycles. The quantitative estimate of drug-likeness (QED) is 0.654. The number of nitrogens with one attached hydrogen (secondary N) is 2. The maximum absolute atomic E-state index is 11.7. The van der Waals surface area contributed by atoms with Crippen molar-refractivity contribution in [2.24, 2.45) is 0 Å². The van der Waals surface area contributed by atoms with Crippen LogP contribution in [-0.2, 0) is 0 Å². The summed E-state index contributed by atoms with van der Waals surface area (Å²) < 4.78 is 0. The Kier molecular flexibility index (Phi) is 5.18. The molecular weight excluding hydrogens is 224 g/mol. The van der Waals surface area contributed by atoms with Gasteiger partial charge >= 0.3 is 0 Å². The fourth-order valence-corrected chi connectivity index (χ4v) is 1.89. The largest absolute Gasteiger partial charge is 0.382 e. The second-order valence-electron chi connectivity index (χ2n) is 3.56. The van der Waals surface area contributed by atoms with Gasteiger partial charge in [-0.3, -0.25) is 9.89 Å². The summed E-state index contributed by atoms with van der Waals surface area (Å²) in [5.74, 6) is 1.25. The minimum absolute atomic E-state index is 0.145. The smallest absolute Gasteiger partial charge is 0.256 e. The number of aryl methyl sites for hydroxylation is 1. The van der Waals surface area contributed by atoms with Crippen LogP contribution in [0.15, 0.2) is 0 Å². The van der Waals surface area contributed by atoms with Crippen molar-refractivity contribution in [1.82, 2.24) is 15.5 Å². The number of anilines is 1. The summed E-state index contributed by atoms with van der Waals surface area (Å²) in [5.41, 5.74) is 6.76. The zero-order chi connectivity index (χ0) is 12.0. The van der Waals surface area contributed by atoms with E-state index in [0.29, 0.717) is 17.8 Å². The number of unbranched alkanes of at least 4 members (excludes halogenated alkanes) is 1. The second-order valence-corrected chi connectivity index (χ2v) is 4.55. The van der Waals surface area contributed by atoms with Crippen LogP contribution in [0.4, 0.5) is 5.82 Å². The van der Waals surface area contributed by atoms with Crippen LogP contribution in [0.25, 0.3) is 0 Å². The highest BCUT2D eigenvalue weighted by molar-refractivity contribution is 7.98. The van der Waals surface area contributed by atoms with Crippen molar-refractivity contribution in [2.45, 2.75) is 19.8 Å². The Morgan fingerprint density at radius 2 is 2.31 bits per heavy atom.